The predicted octanol–water partition coefficient (Wildman–Crippen LogP) is 7.02. The minimum absolute atomic E-state index is 0. The van der Waals surface area contributed by atoms with Crippen molar-refractivity contribution in [3.63, 3.8) is 0 Å². The van der Waals surface area contributed by atoms with E-state index in [-0.39, 0.29) is 17.9 Å². The minimum Gasteiger partial charge on any atom is -0.326 e. The van der Waals surface area contributed by atoms with E-state index in [1.54, 1.807) is 0 Å². The molecule has 0 saturated heterocycles. The van der Waals surface area contributed by atoms with Gasteiger partial charge >= 0.3 is 0 Å². The molecule has 2 N–H and O–H groups in total. The summed E-state index contributed by atoms with van der Waals surface area (Å²) in [7, 11) is 0. The lowest BCUT2D eigenvalue weighted by molar-refractivity contribution is 0.440. The molecule has 0 fully saturated rings. The summed E-state index contributed by atoms with van der Waals surface area (Å²) in [4.78, 5) is 0. The average Bonchev–Trinajstić information content (AvgIpc) is 2.38. The summed E-state index contributed by atoms with van der Waals surface area (Å²) in [5.41, 5.74) is 6.02. The van der Waals surface area contributed by atoms with Crippen molar-refractivity contribution in [3.05, 3.63) is 0 Å². The maximum absolute atomic E-state index is 5.98. The lowest BCUT2D eigenvalue weighted by Gasteiger charge is -2.17. The van der Waals surface area contributed by atoms with Gasteiger partial charge in [-0.05, 0) is 20.3 Å². The molecule has 0 heterocycles. The van der Waals surface area contributed by atoms with Crippen LogP contribution in [0, 0.1) is 0 Å². The van der Waals surface area contributed by atoms with Crippen LogP contribution in [0.25, 0.3) is 0 Å². The van der Waals surface area contributed by atoms with Crippen LogP contribution in [0.4, 0.5) is 0 Å². The third-order valence-electron chi connectivity index (χ3n) is 4.17. The van der Waals surface area contributed by atoms with Crippen molar-refractivity contribution in [1.82, 2.24) is 0 Å². The first-order valence-corrected chi connectivity index (χ1v) is 9.35. The molecular weight excluding hydrogens is 278 g/mol. The molecule has 0 aromatic heterocycles. The fraction of sp³-hybridized carbons (Fsp3) is 1.00. The van der Waals surface area contributed by atoms with E-state index in [0.29, 0.717) is 0 Å². The topological polar surface area (TPSA) is 26.0 Å². The van der Waals surface area contributed by atoms with E-state index in [0.717, 1.165) is 0 Å². The molecule has 0 radical (unpaired) electrons. The maximum atomic E-state index is 5.98. The van der Waals surface area contributed by atoms with Crippen LogP contribution in [0.1, 0.15) is 117 Å². The highest BCUT2D eigenvalue weighted by Gasteiger charge is 2.08. The Kier molecular flexibility index (Phi) is 18.6. The van der Waals surface area contributed by atoms with Gasteiger partial charge in [-0.15, -0.1) is 12.4 Å². The third-order valence-corrected chi connectivity index (χ3v) is 4.17. The Morgan fingerprint density at radius 2 is 0.857 bits per heavy atom. The molecule has 2 heteroatoms. The normalized spacial score (nSPS) is 11.4. The first-order valence-electron chi connectivity index (χ1n) is 9.35. The van der Waals surface area contributed by atoms with Crippen molar-refractivity contribution in [2.24, 2.45) is 5.73 Å². The monoisotopic (exact) mass is 319 g/mol. The SMILES string of the molecule is CCCCCCCCCCCCCCCCC(C)(C)N.Cl. The van der Waals surface area contributed by atoms with Crippen LogP contribution in [0.3, 0.4) is 0 Å². The van der Waals surface area contributed by atoms with Crippen LogP contribution >= 0.6 is 12.4 Å². The Bertz CT molecular complexity index is 186. The molecule has 0 aliphatic heterocycles. The second kappa shape index (κ2) is 16.6. The Balaban J connectivity index is 0. The molecular formula is C19H42ClN. The van der Waals surface area contributed by atoms with Gasteiger partial charge in [0.1, 0.15) is 0 Å². The van der Waals surface area contributed by atoms with Crippen LogP contribution < -0.4 is 5.73 Å². The highest BCUT2D eigenvalue weighted by Crippen LogP contribution is 2.15. The zero-order chi connectivity index (χ0) is 15.1. The van der Waals surface area contributed by atoms with Crippen LogP contribution in [0.2, 0.25) is 0 Å². The van der Waals surface area contributed by atoms with Gasteiger partial charge in [0.05, 0.1) is 0 Å². The molecule has 0 aromatic carbocycles. The van der Waals surface area contributed by atoms with Crippen molar-refractivity contribution in [1.29, 1.82) is 0 Å². The number of hydrogen-bond acceptors (Lipinski definition) is 1. The van der Waals surface area contributed by atoms with Crippen LogP contribution in [-0.4, -0.2) is 5.54 Å². The predicted molar refractivity (Wildman–Crippen MR) is 100 cm³/mol. The second-order valence-corrected chi connectivity index (χ2v) is 7.33. The molecule has 1 nitrogen and oxygen atoms in total. The number of rotatable bonds is 15. The lowest BCUT2D eigenvalue weighted by Crippen LogP contribution is -2.31. The fourth-order valence-corrected chi connectivity index (χ4v) is 2.78. The number of unbranched alkanes of at least 4 members (excludes halogenated alkanes) is 13. The van der Waals surface area contributed by atoms with E-state index in [1.165, 1.54) is 96.3 Å². The summed E-state index contributed by atoms with van der Waals surface area (Å²) in [6, 6.07) is 0. The van der Waals surface area contributed by atoms with Crippen molar-refractivity contribution in [3.8, 4) is 0 Å². The van der Waals surface area contributed by atoms with Crippen molar-refractivity contribution < 1.29 is 0 Å². The molecule has 0 spiro atoms. The van der Waals surface area contributed by atoms with E-state index in [2.05, 4.69) is 20.8 Å². The fourth-order valence-electron chi connectivity index (χ4n) is 2.78. The third kappa shape index (κ3) is 22.7. The highest BCUT2D eigenvalue weighted by atomic mass is 35.5. The van der Waals surface area contributed by atoms with Gasteiger partial charge in [-0.25, -0.2) is 0 Å². The summed E-state index contributed by atoms with van der Waals surface area (Å²) in [6.45, 7) is 6.56. The van der Waals surface area contributed by atoms with E-state index in [9.17, 15) is 0 Å². The second-order valence-electron chi connectivity index (χ2n) is 7.33. The van der Waals surface area contributed by atoms with Crippen molar-refractivity contribution in [2.75, 3.05) is 0 Å². The molecule has 21 heavy (non-hydrogen) atoms. The molecule has 0 saturated carbocycles. The molecule has 0 atom stereocenters. The quantitative estimate of drug-likeness (QED) is 0.322. The number of nitrogens with two attached hydrogens (primary N) is 1. The van der Waals surface area contributed by atoms with Gasteiger partial charge in [0.15, 0.2) is 0 Å². The van der Waals surface area contributed by atoms with Gasteiger partial charge in [-0.1, -0.05) is 96.8 Å². The standard InChI is InChI=1S/C19H41N.ClH/c1-4-5-6-7-8-9-10-11-12-13-14-15-16-17-18-19(2,3)20;/h4-18,20H2,1-3H3;1H. The number of halogens is 1. The van der Waals surface area contributed by atoms with Gasteiger partial charge in [0, 0.05) is 5.54 Å². The minimum atomic E-state index is 0. The summed E-state index contributed by atoms with van der Waals surface area (Å²) in [5, 5.41) is 0. The van der Waals surface area contributed by atoms with Gasteiger partial charge in [-0.2, -0.15) is 0 Å². The first kappa shape index (κ1) is 23.5. The van der Waals surface area contributed by atoms with E-state index < -0.39 is 0 Å². The van der Waals surface area contributed by atoms with Crippen LogP contribution in [0.5, 0.6) is 0 Å². The molecule has 0 aliphatic carbocycles. The zero-order valence-corrected chi connectivity index (χ0v) is 15.9. The summed E-state index contributed by atoms with van der Waals surface area (Å²) in [6.07, 6.45) is 21.2. The van der Waals surface area contributed by atoms with E-state index in [1.807, 2.05) is 0 Å². The van der Waals surface area contributed by atoms with E-state index >= 15 is 0 Å². The Hall–Kier alpha value is 0.250. The van der Waals surface area contributed by atoms with Gasteiger partial charge < -0.3 is 5.73 Å². The molecule has 0 bridgehead atoms. The van der Waals surface area contributed by atoms with Gasteiger partial charge in [-0.3, -0.25) is 0 Å². The zero-order valence-electron chi connectivity index (χ0n) is 15.1. The first-order chi connectivity index (χ1) is 9.56. The number of hydrogen-bond donors (Lipinski definition) is 1. The molecule has 0 aliphatic rings. The summed E-state index contributed by atoms with van der Waals surface area (Å²) < 4.78 is 0. The molecule has 0 rings (SSSR count). The lowest BCUT2D eigenvalue weighted by atomic mass is 9.97. The van der Waals surface area contributed by atoms with Gasteiger partial charge in [0.2, 0.25) is 0 Å². The largest absolute Gasteiger partial charge is 0.326 e. The van der Waals surface area contributed by atoms with E-state index in [4.69, 9.17) is 5.73 Å². The Morgan fingerprint density at radius 3 is 1.14 bits per heavy atom. The average molecular weight is 320 g/mol. The summed E-state index contributed by atoms with van der Waals surface area (Å²) >= 11 is 0. The van der Waals surface area contributed by atoms with Crippen LogP contribution in [-0.2, 0) is 0 Å². The Morgan fingerprint density at radius 1 is 0.571 bits per heavy atom. The summed E-state index contributed by atoms with van der Waals surface area (Å²) in [5.74, 6) is 0. The molecule has 0 unspecified atom stereocenters. The van der Waals surface area contributed by atoms with Gasteiger partial charge in [0.25, 0.3) is 0 Å². The highest BCUT2D eigenvalue weighted by molar-refractivity contribution is 5.85. The molecule has 0 amide bonds. The smallest absolute Gasteiger partial charge is 0.00970 e. The molecule has 0 aromatic rings. The van der Waals surface area contributed by atoms with Crippen molar-refractivity contribution in [2.45, 2.75) is 123 Å². The Labute approximate surface area is 141 Å². The molecule has 130 valence electrons. The van der Waals surface area contributed by atoms with Crippen LogP contribution in [0.15, 0.2) is 0 Å². The maximum Gasteiger partial charge on any atom is 0.00970 e. The van der Waals surface area contributed by atoms with Crippen molar-refractivity contribution >= 4 is 12.4 Å².